The summed E-state index contributed by atoms with van der Waals surface area (Å²) in [5, 5.41) is 2.81. The van der Waals surface area contributed by atoms with Gasteiger partial charge in [0.2, 0.25) is 0 Å². The summed E-state index contributed by atoms with van der Waals surface area (Å²) in [6.07, 6.45) is 0. The molecule has 0 unspecified atom stereocenters. The van der Waals surface area contributed by atoms with Crippen molar-refractivity contribution in [1.82, 2.24) is 9.13 Å². The lowest BCUT2D eigenvalue weighted by Gasteiger charge is -2.13. The van der Waals surface area contributed by atoms with Crippen molar-refractivity contribution in [1.29, 1.82) is 0 Å². The third kappa shape index (κ3) is 3.56. The first-order valence-corrected chi connectivity index (χ1v) is 9.75. The van der Waals surface area contributed by atoms with Crippen LogP contribution in [0.4, 0.5) is 10.1 Å². The number of nitrogens with one attached hydrogen (secondary N) is 1. The molecule has 0 aliphatic carbocycles. The number of amides is 1. The summed E-state index contributed by atoms with van der Waals surface area (Å²) in [6, 6.07) is 19.2. The molecule has 29 heavy (non-hydrogen) atoms. The van der Waals surface area contributed by atoms with Gasteiger partial charge >= 0.3 is 5.69 Å². The smallest absolute Gasteiger partial charge is 0.321 e. The molecule has 0 atom stereocenters. The Bertz CT molecular complexity index is 1280. The van der Waals surface area contributed by atoms with Crippen molar-refractivity contribution in [3.05, 3.63) is 88.6 Å². The lowest BCUT2D eigenvalue weighted by Crippen LogP contribution is -2.19. The third-order valence-corrected chi connectivity index (χ3v) is 5.78. The average Bonchev–Trinajstić information content (AvgIpc) is 2.93. The number of benzene rings is 3. The van der Waals surface area contributed by atoms with Crippen LogP contribution in [0.3, 0.4) is 0 Å². The lowest BCUT2D eigenvalue weighted by molar-refractivity contribution is 0.102. The van der Waals surface area contributed by atoms with E-state index in [4.69, 9.17) is 0 Å². The molecule has 0 saturated carbocycles. The van der Waals surface area contributed by atoms with Crippen LogP contribution in [0.5, 0.6) is 0 Å². The Kier molecular flexibility index (Phi) is 4.98. The molecule has 0 bridgehead atoms. The maximum Gasteiger partial charge on any atom is 0.328 e. The van der Waals surface area contributed by atoms with Gasteiger partial charge in [-0.2, -0.15) is 0 Å². The van der Waals surface area contributed by atoms with Gasteiger partial charge in [0, 0.05) is 23.9 Å². The summed E-state index contributed by atoms with van der Waals surface area (Å²) in [4.78, 5) is 26.8. The SMILES string of the molecule is Cn1c(=O)n(C)c2cc(Sc3ccccc3)c(NC(=O)c3ccccc3F)cc21. The molecule has 5 nitrogen and oxygen atoms in total. The molecule has 0 aliphatic rings. The van der Waals surface area contributed by atoms with Gasteiger partial charge in [0.15, 0.2) is 0 Å². The Labute approximate surface area is 170 Å². The Morgan fingerprint density at radius 2 is 1.55 bits per heavy atom. The maximum atomic E-state index is 14.0. The first kappa shape index (κ1) is 19.0. The number of rotatable bonds is 4. The molecular formula is C22H18FN3O2S. The number of aromatic nitrogens is 2. The largest absolute Gasteiger partial charge is 0.328 e. The van der Waals surface area contributed by atoms with Gasteiger partial charge in [-0.1, -0.05) is 42.1 Å². The Morgan fingerprint density at radius 1 is 0.931 bits per heavy atom. The fourth-order valence-electron chi connectivity index (χ4n) is 3.16. The van der Waals surface area contributed by atoms with E-state index in [0.29, 0.717) is 11.2 Å². The van der Waals surface area contributed by atoms with Crippen LogP contribution in [0.25, 0.3) is 11.0 Å². The predicted octanol–water partition coefficient (Wildman–Crippen LogP) is 4.42. The van der Waals surface area contributed by atoms with Crippen molar-refractivity contribution in [3.63, 3.8) is 0 Å². The number of imidazole rings is 1. The zero-order valence-electron chi connectivity index (χ0n) is 15.8. The second-order valence-electron chi connectivity index (χ2n) is 6.59. The quantitative estimate of drug-likeness (QED) is 0.545. The molecular weight excluding hydrogens is 389 g/mol. The minimum Gasteiger partial charge on any atom is -0.321 e. The number of carbonyl (C=O) groups is 1. The van der Waals surface area contributed by atoms with Gasteiger partial charge < -0.3 is 5.32 Å². The molecule has 1 amide bonds. The van der Waals surface area contributed by atoms with E-state index in [0.717, 1.165) is 15.3 Å². The molecule has 3 aromatic carbocycles. The molecule has 146 valence electrons. The van der Waals surface area contributed by atoms with E-state index in [1.54, 1.807) is 30.8 Å². The fourth-order valence-corrected chi connectivity index (χ4v) is 4.10. The average molecular weight is 407 g/mol. The highest BCUT2D eigenvalue weighted by Gasteiger charge is 2.17. The molecule has 0 saturated heterocycles. The van der Waals surface area contributed by atoms with Crippen molar-refractivity contribution in [3.8, 4) is 0 Å². The number of carbonyl (C=O) groups excluding carboxylic acids is 1. The van der Waals surface area contributed by atoms with E-state index >= 15 is 0 Å². The summed E-state index contributed by atoms with van der Waals surface area (Å²) in [5.41, 5.74) is 1.75. The van der Waals surface area contributed by atoms with Crippen LogP contribution in [0.2, 0.25) is 0 Å². The van der Waals surface area contributed by atoms with Gasteiger partial charge in [-0.25, -0.2) is 9.18 Å². The molecule has 1 N–H and O–H groups in total. The van der Waals surface area contributed by atoms with Gasteiger partial charge in [0.1, 0.15) is 5.82 Å². The lowest BCUT2D eigenvalue weighted by atomic mass is 10.2. The standard InChI is InChI=1S/C22H18FN3O2S/c1-25-18-12-17(24-21(27)15-10-6-7-11-16(15)23)20(13-19(18)26(2)22(25)28)29-14-8-4-3-5-9-14/h3-13H,1-2H3,(H,24,27). The predicted molar refractivity (Wildman–Crippen MR) is 113 cm³/mol. The van der Waals surface area contributed by atoms with Crippen LogP contribution in [0.1, 0.15) is 10.4 Å². The van der Waals surface area contributed by atoms with Crippen molar-refractivity contribution in [2.45, 2.75) is 9.79 Å². The van der Waals surface area contributed by atoms with E-state index < -0.39 is 11.7 Å². The number of anilines is 1. The molecule has 4 rings (SSSR count). The number of halogens is 1. The summed E-state index contributed by atoms with van der Waals surface area (Å²) in [7, 11) is 3.39. The third-order valence-electron chi connectivity index (χ3n) is 4.71. The zero-order chi connectivity index (χ0) is 20.5. The highest BCUT2D eigenvalue weighted by molar-refractivity contribution is 7.99. The highest BCUT2D eigenvalue weighted by atomic mass is 32.2. The van der Waals surface area contributed by atoms with E-state index in [-0.39, 0.29) is 11.3 Å². The Hall–Kier alpha value is -3.32. The van der Waals surface area contributed by atoms with Crippen LogP contribution in [-0.2, 0) is 14.1 Å². The monoisotopic (exact) mass is 407 g/mol. The number of nitrogens with zero attached hydrogens (tertiary/aromatic N) is 2. The van der Waals surface area contributed by atoms with Crippen LogP contribution in [0.15, 0.2) is 81.3 Å². The van der Waals surface area contributed by atoms with E-state index in [1.807, 2.05) is 36.4 Å². The fraction of sp³-hybridized carbons (Fsp3) is 0.0909. The van der Waals surface area contributed by atoms with Crippen molar-refractivity contribution in [2.24, 2.45) is 14.1 Å². The van der Waals surface area contributed by atoms with Gasteiger partial charge in [0.05, 0.1) is 22.3 Å². The topological polar surface area (TPSA) is 56.0 Å². The number of hydrogen-bond acceptors (Lipinski definition) is 3. The molecule has 7 heteroatoms. The Balaban J connectivity index is 1.83. The number of fused-ring (bicyclic) bond motifs is 1. The van der Waals surface area contributed by atoms with Gasteiger partial charge in [-0.3, -0.25) is 13.9 Å². The Morgan fingerprint density at radius 3 is 2.24 bits per heavy atom. The van der Waals surface area contributed by atoms with Gasteiger partial charge in [-0.05, 0) is 36.4 Å². The highest BCUT2D eigenvalue weighted by Crippen LogP contribution is 2.36. The van der Waals surface area contributed by atoms with Crippen molar-refractivity contribution < 1.29 is 9.18 Å². The first-order valence-electron chi connectivity index (χ1n) is 8.94. The summed E-state index contributed by atoms with van der Waals surface area (Å²) in [6.45, 7) is 0. The minimum atomic E-state index is -0.588. The zero-order valence-corrected chi connectivity index (χ0v) is 16.7. The minimum absolute atomic E-state index is 0.0368. The molecule has 0 spiro atoms. The van der Waals surface area contributed by atoms with Crippen LogP contribution in [-0.4, -0.2) is 15.0 Å². The van der Waals surface area contributed by atoms with Crippen molar-refractivity contribution in [2.75, 3.05) is 5.32 Å². The molecule has 0 radical (unpaired) electrons. The number of aryl methyl sites for hydroxylation is 2. The molecule has 0 aliphatic heterocycles. The summed E-state index contributed by atoms with van der Waals surface area (Å²) < 4.78 is 17.1. The second-order valence-corrected chi connectivity index (χ2v) is 7.70. The molecule has 1 heterocycles. The molecule has 1 aromatic heterocycles. The number of hydrogen-bond donors (Lipinski definition) is 1. The van der Waals surface area contributed by atoms with Crippen LogP contribution < -0.4 is 11.0 Å². The maximum absolute atomic E-state index is 14.0. The normalized spacial score (nSPS) is 11.0. The summed E-state index contributed by atoms with van der Waals surface area (Å²) >= 11 is 1.46. The van der Waals surface area contributed by atoms with Gasteiger partial charge in [0.25, 0.3) is 5.91 Å². The molecule has 4 aromatic rings. The first-order chi connectivity index (χ1) is 14.0. The molecule has 0 fully saturated rings. The van der Waals surface area contributed by atoms with E-state index in [2.05, 4.69) is 5.32 Å². The van der Waals surface area contributed by atoms with E-state index in [1.165, 1.54) is 34.5 Å². The van der Waals surface area contributed by atoms with Gasteiger partial charge in [-0.15, -0.1) is 0 Å². The van der Waals surface area contributed by atoms with Crippen LogP contribution in [0, 0.1) is 5.82 Å². The van der Waals surface area contributed by atoms with Crippen LogP contribution >= 0.6 is 11.8 Å². The second kappa shape index (κ2) is 7.60. The summed E-state index contributed by atoms with van der Waals surface area (Å²) in [5.74, 6) is -1.13. The van der Waals surface area contributed by atoms with E-state index in [9.17, 15) is 14.0 Å². The van der Waals surface area contributed by atoms with Crippen molar-refractivity contribution >= 4 is 34.4 Å².